The number of amides is 1. The number of hydrogen-bond acceptors (Lipinski definition) is 4. The van der Waals surface area contributed by atoms with E-state index in [1.807, 2.05) is 0 Å². The summed E-state index contributed by atoms with van der Waals surface area (Å²) in [4.78, 5) is 22.5. The Morgan fingerprint density at radius 1 is 1.59 bits per heavy atom. The summed E-state index contributed by atoms with van der Waals surface area (Å²) in [6.45, 7) is 6.40. The molecule has 5 nitrogen and oxygen atoms in total. The second kappa shape index (κ2) is 8.29. The molecule has 0 fully saturated rings. The van der Waals surface area contributed by atoms with Crippen LogP contribution in [0, 0.1) is 0 Å². The number of aliphatic hydroxyl groups excluding tert-OH is 1. The van der Waals surface area contributed by atoms with Crippen LogP contribution in [0.25, 0.3) is 0 Å². The van der Waals surface area contributed by atoms with Crippen molar-refractivity contribution in [2.24, 2.45) is 0 Å². The van der Waals surface area contributed by atoms with E-state index in [4.69, 9.17) is 4.74 Å². The number of alkyl halides is 1. The molecule has 0 bridgehead atoms. The molecule has 4 atom stereocenters. The molecule has 0 saturated carbocycles. The molecule has 0 aliphatic carbocycles. The average molecular weight is 309 g/mol. The topological polar surface area (TPSA) is 75.6 Å². The van der Waals surface area contributed by atoms with E-state index in [2.05, 4.69) is 11.9 Å². The number of hydrogen-bond donors (Lipinski definition) is 2. The molecule has 6 heteroatoms. The summed E-state index contributed by atoms with van der Waals surface area (Å²) in [5.74, 6) is -1.07. The molecule has 4 unspecified atom stereocenters. The monoisotopic (exact) mass is 309 g/mol. The quantitative estimate of drug-likeness (QED) is 0.574. The Kier molecular flexibility index (Phi) is 6.72. The predicted octanol–water partition coefficient (Wildman–Crippen LogP) is 1.36. The molecule has 0 aromatic rings. The summed E-state index contributed by atoms with van der Waals surface area (Å²) >= 11 is 0. The van der Waals surface area contributed by atoms with Crippen LogP contribution in [0.4, 0.5) is 4.39 Å². The van der Waals surface area contributed by atoms with Gasteiger partial charge in [-0.05, 0) is 12.5 Å². The van der Waals surface area contributed by atoms with Gasteiger partial charge in [0.2, 0.25) is 5.91 Å². The highest BCUT2D eigenvalue weighted by Crippen LogP contribution is 2.22. The Hall–Kier alpha value is -2.21. The third-order valence-electron chi connectivity index (χ3n) is 3.13. The van der Waals surface area contributed by atoms with Gasteiger partial charge in [0.15, 0.2) is 12.3 Å². The van der Waals surface area contributed by atoms with Crippen molar-refractivity contribution in [2.45, 2.75) is 38.3 Å². The van der Waals surface area contributed by atoms with Crippen LogP contribution in [0.3, 0.4) is 0 Å². The van der Waals surface area contributed by atoms with Gasteiger partial charge in [0, 0.05) is 13.0 Å². The minimum absolute atomic E-state index is 0.222. The largest absolute Gasteiger partial charge is 0.454 e. The van der Waals surface area contributed by atoms with Crippen LogP contribution in [0.15, 0.2) is 48.6 Å². The first kappa shape index (κ1) is 17.8. The second-order valence-corrected chi connectivity index (χ2v) is 4.76. The average Bonchev–Trinajstić information content (AvgIpc) is 2.48. The van der Waals surface area contributed by atoms with E-state index in [0.29, 0.717) is 0 Å². The molecule has 2 N–H and O–H groups in total. The number of carbonyl (C=O) groups excluding carboxylic acids is 2. The minimum atomic E-state index is -1.78. The maximum Gasteiger partial charge on any atom is 0.330 e. The Balaban J connectivity index is 2.96. The zero-order valence-electron chi connectivity index (χ0n) is 12.5. The first-order valence-corrected chi connectivity index (χ1v) is 6.84. The Labute approximate surface area is 128 Å². The molecular weight excluding hydrogens is 289 g/mol. The lowest BCUT2D eigenvalue weighted by molar-refractivity contribution is -0.155. The van der Waals surface area contributed by atoms with Gasteiger partial charge in [-0.2, -0.15) is 0 Å². The minimum Gasteiger partial charge on any atom is -0.454 e. The number of aliphatic hydroxyl groups is 1. The van der Waals surface area contributed by atoms with E-state index in [0.717, 1.165) is 6.08 Å². The first-order valence-electron chi connectivity index (χ1n) is 6.84. The van der Waals surface area contributed by atoms with Gasteiger partial charge in [-0.3, -0.25) is 4.79 Å². The summed E-state index contributed by atoms with van der Waals surface area (Å²) < 4.78 is 19.5. The number of carbonyl (C=O) groups is 2. The van der Waals surface area contributed by atoms with Crippen LogP contribution in [-0.4, -0.2) is 41.4 Å². The third-order valence-corrected chi connectivity index (χ3v) is 3.13. The van der Waals surface area contributed by atoms with E-state index in [9.17, 15) is 19.1 Å². The van der Waals surface area contributed by atoms with Gasteiger partial charge < -0.3 is 15.2 Å². The van der Waals surface area contributed by atoms with Crippen molar-refractivity contribution in [2.75, 3.05) is 0 Å². The van der Waals surface area contributed by atoms with Gasteiger partial charge in [0.25, 0.3) is 0 Å². The maximum atomic E-state index is 14.5. The van der Waals surface area contributed by atoms with Gasteiger partial charge >= 0.3 is 5.97 Å². The van der Waals surface area contributed by atoms with Crippen molar-refractivity contribution < 1.29 is 23.8 Å². The van der Waals surface area contributed by atoms with Gasteiger partial charge in [-0.15, -0.1) is 0 Å². The third kappa shape index (κ3) is 4.66. The van der Waals surface area contributed by atoms with Crippen LogP contribution in [0.1, 0.15) is 13.8 Å². The zero-order valence-corrected chi connectivity index (χ0v) is 12.5. The molecular formula is C16H20FNO4. The summed E-state index contributed by atoms with van der Waals surface area (Å²) in [6.07, 6.45) is 3.89. The first-order chi connectivity index (χ1) is 10.4. The van der Waals surface area contributed by atoms with Gasteiger partial charge in [0.05, 0.1) is 6.04 Å². The van der Waals surface area contributed by atoms with Crippen LogP contribution in [-0.2, 0) is 14.3 Å². The fraction of sp³-hybridized carbons (Fsp3) is 0.375. The Bertz CT molecular complexity index is 524. The number of esters is 1. The molecule has 0 spiro atoms. The molecule has 1 aliphatic heterocycles. The van der Waals surface area contributed by atoms with Crippen molar-refractivity contribution in [1.82, 2.24) is 5.32 Å². The predicted molar refractivity (Wildman–Crippen MR) is 80.6 cm³/mol. The highest BCUT2D eigenvalue weighted by atomic mass is 19.1. The van der Waals surface area contributed by atoms with Crippen LogP contribution < -0.4 is 5.32 Å². The Morgan fingerprint density at radius 3 is 2.82 bits per heavy atom. The van der Waals surface area contributed by atoms with Gasteiger partial charge in [-0.25, -0.2) is 9.18 Å². The van der Waals surface area contributed by atoms with Crippen LogP contribution in [0.5, 0.6) is 0 Å². The molecule has 22 heavy (non-hydrogen) atoms. The zero-order chi connectivity index (χ0) is 16.7. The summed E-state index contributed by atoms with van der Waals surface area (Å²) in [5, 5.41) is 12.7. The standard InChI is InChI=1S/C16H20FNO4/c1-4-6-7-11(5-2)14(17)15(21)16-12(18-10(3)19)8-9-13(20)22-16/h4-9,12,14-16,21H,1H2,2-3H3,(H,18,19)/b7-6-,11-5+. The lowest BCUT2D eigenvalue weighted by Crippen LogP contribution is -2.53. The number of allylic oxidation sites excluding steroid dienone is 4. The smallest absolute Gasteiger partial charge is 0.330 e. The number of rotatable bonds is 6. The van der Waals surface area contributed by atoms with Crippen molar-refractivity contribution in [1.29, 1.82) is 0 Å². The normalized spacial score (nSPS) is 24.7. The SMILES string of the molecule is C=C/C=C\C(=C/C)C(F)C(O)C1OC(=O)C=CC1NC(C)=O. The molecule has 0 aromatic heterocycles. The fourth-order valence-electron chi connectivity index (χ4n) is 2.08. The summed E-state index contributed by atoms with van der Waals surface area (Å²) in [5.41, 5.74) is 0.222. The maximum absolute atomic E-state index is 14.5. The van der Waals surface area contributed by atoms with Gasteiger partial charge in [-0.1, -0.05) is 37.0 Å². The van der Waals surface area contributed by atoms with E-state index >= 15 is 0 Å². The molecule has 120 valence electrons. The molecule has 1 rings (SSSR count). The fourth-order valence-corrected chi connectivity index (χ4v) is 2.08. The molecule has 1 amide bonds. The lowest BCUT2D eigenvalue weighted by Gasteiger charge is -2.33. The van der Waals surface area contributed by atoms with Crippen molar-refractivity contribution in [3.63, 3.8) is 0 Å². The number of cyclic esters (lactones) is 1. The molecule has 0 saturated heterocycles. The van der Waals surface area contributed by atoms with Crippen molar-refractivity contribution >= 4 is 11.9 Å². The summed E-state index contributed by atoms with van der Waals surface area (Å²) in [6, 6.07) is -0.787. The highest BCUT2D eigenvalue weighted by molar-refractivity contribution is 5.84. The van der Waals surface area contributed by atoms with Crippen LogP contribution >= 0.6 is 0 Å². The number of nitrogens with one attached hydrogen (secondary N) is 1. The van der Waals surface area contributed by atoms with E-state index in [-0.39, 0.29) is 11.5 Å². The van der Waals surface area contributed by atoms with Crippen molar-refractivity contribution in [3.8, 4) is 0 Å². The second-order valence-electron chi connectivity index (χ2n) is 4.76. The highest BCUT2D eigenvalue weighted by Gasteiger charge is 2.38. The lowest BCUT2D eigenvalue weighted by atomic mass is 9.95. The Morgan fingerprint density at radius 2 is 2.27 bits per heavy atom. The van der Waals surface area contributed by atoms with E-state index in [1.165, 1.54) is 37.3 Å². The number of ether oxygens (including phenoxy) is 1. The van der Waals surface area contributed by atoms with Gasteiger partial charge in [0.1, 0.15) is 6.10 Å². The number of halogens is 1. The molecule has 1 aliphatic rings. The molecule has 0 aromatic carbocycles. The summed E-state index contributed by atoms with van der Waals surface area (Å²) in [7, 11) is 0. The van der Waals surface area contributed by atoms with E-state index < -0.39 is 30.4 Å². The van der Waals surface area contributed by atoms with E-state index in [1.54, 1.807) is 6.92 Å². The molecule has 1 heterocycles. The van der Waals surface area contributed by atoms with Crippen molar-refractivity contribution in [3.05, 3.63) is 48.6 Å². The van der Waals surface area contributed by atoms with Crippen LogP contribution in [0.2, 0.25) is 0 Å². The molecule has 0 radical (unpaired) electrons.